The maximum atomic E-state index is 12.2. The quantitative estimate of drug-likeness (QED) is 0.775. The molecule has 0 aliphatic heterocycles. The third-order valence-electron chi connectivity index (χ3n) is 3.23. The van der Waals surface area contributed by atoms with Gasteiger partial charge in [0.05, 0.1) is 5.75 Å². The molecule has 1 amide bonds. The Hall–Kier alpha value is -1.73. The molecule has 0 atom stereocenters. The zero-order valence-corrected chi connectivity index (χ0v) is 14.7. The van der Waals surface area contributed by atoms with Crippen molar-refractivity contribution in [1.29, 1.82) is 0 Å². The van der Waals surface area contributed by atoms with Crippen LogP contribution in [0.3, 0.4) is 0 Å². The summed E-state index contributed by atoms with van der Waals surface area (Å²) in [6.07, 6.45) is 0.829. The highest BCUT2D eigenvalue weighted by molar-refractivity contribution is 7.99. The van der Waals surface area contributed by atoms with Crippen molar-refractivity contribution in [3.05, 3.63) is 45.3 Å². The molecule has 0 bridgehead atoms. The molecule has 1 heterocycles. The number of aromatic nitrogens is 3. The van der Waals surface area contributed by atoms with Crippen LogP contribution in [0.25, 0.3) is 0 Å². The Morgan fingerprint density at radius 1 is 1.48 bits per heavy atom. The predicted molar refractivity (Wildman–Crippen MR) is 91.8 cm³/mol. The molecule has 1 N–H and O–H groups in total. The Bertz CT molecular complexity index is 728. The number of amides is 1. The molecule has 0 fully saturated rings. The molecule has 0 spiro atoms. The van der Waals surface area contributed by atoms with Gasteiger partial charge in [-0.2, -0.15) is 0 Å². The van der Waals surface area contributed by atoms with Gasteiger partial charge in [0.2, 0.25) is 5.91 Å². The van der Waals surface area contributed by atoms with Crippen LogP contribution in [0.5, 0.6) is 0 Å². The molecule has 0 aliphatic rings. The van der Waals surface area contributed by atoms with Crippen molar-refractivity contribution in [2.24, 2.45) is 0 Å². The van der Waals surface area contributed by atoms with Crippen molar-refractivity contribution in [3.63, 3.8) is 0 Å². The molecule has 1 aromatic heterocycles. The van der Waals surface area contributed by atoms with Crippen LogP contribution in [-0.2, 0) is 17.9 Å². The minimum atomic E-state index is -0.242. The number of carbonyl (C=O) groups excluding carboxylic acids is 1. The first-order valence-corrected chi connectivity index (χ1v) is 8.64. The lowest BCUT2D eigenvalue weighted by atomic mass is 10.2. The maximum absolute atomic E-state index is 12.2. The van der Waals surface area contributed by atoms with Gasteiger partial charge in [-0.15, -0.1) is 5.10 Å². The lowest BCUT2D eigenvalue weighted by Gasteiger charge is -2.17. The van der Waals surface area contributed by atoms with Crippen molar-refractivity contribution in [2.75, 3.05) is 12.8 Å². The van der Waals surface area contributed by atoms with Gasteiger partial charge in [0.25, 0.3) is 0 Å². The van der Waals surface area contributed by atoms with Crippen LogP contribution in [0.15, 0.2) is 34.2 Å². The van der Waals surface area contributed by atoms with Crippen molar-refractivity contribution in [2.45, 2.75) is 31.6 Å². The van der Waals surface area contributed by atoms with E-state index in [1.54, 1.807) is 22.6 Å². The molecule has 0 saturated carbocycles. The van der Waals surface area contributed by atoms with Gasteiger partial charge in [0, 0.05) is 25.2 Å². The molecular formula is C15H19ClN4O2S. The number of hydrogen-bond acceptors (Lipinski definition) is 4. The molecule has 1 aromatic carbocycles. The third kappa shape index (κ3) is 4.87. The van der Waals surface area contributed by atoms with E-state index in [0.717, 1.165) is 12.0 Å². The first-order chi connectivity index (χ1) is 11.0. The smallest absolute Gasteiger partial charge is 0.341 e. The highest BCUT2D eigenvalue weighted by atomic mass is 35.5. The third-order valence-corrected chi connectivity index (χ3v) is 4.43. The van der Waals surface area contributed by atoms with Gasteiger partial charge in [0.1, 0.15) is 0 Å². The fourth-order valence-corrected chi connectivity index (χ4v) is 3.19. The number of H-pyrrole nitrogens is 1. The number of benzene rings is 1. The van der Waals surface area contributed by atoms with Gasteiger partial charge in [-0.1, -0.05) is 42.4 Å². The van der Waals surface area contributed by atoms with Gasteiger partial charge < -0.3 is 4.90 Å². The fourth-order valence-electron chi connectivity index (χ4n) is 2.07. The zero-order chi connectivity index (χ0) is 16.8. The zero-order valence-electron chi connectivity index (χ0n) is 13.1. The van der Waals surface area contributed by atoms with Gasteiger partial charge in [-0.3, -0.25) is 9.36 Å². The van der Waals surface area contributed by atoms with E-state index in [-0.39, 0.29) is 17.3 Å². The lowest BCUT2D eigenvalue weighted by molar-refractivity contribution is -0.127. The molecule has 2 rings (SSSR count). The molecule has 2 aromatic rings. The van der Waals surface area contributed by atoms with E-state index in [2.05, 4.69) is 10.2 Å². The van der Waals surface area contributed by atoms with E-state index in [4.69, 9.17) is 11.6 Å². The second-order valence-corrected chi connectivity index (χ2v) is 6.51. The van der Waals surface area contributed by atoms with Gasteiger partial charge >= 0.3 is 5.69 Å². The number of thioether (sulfide) groups is 1. The molecule has 0 aliphatic carbocycles. The van der Waals surface area contributed by atoms with Crippen molar-refractivity contribution in [1.82, 2.24) is 19.7 Å². The number of halogens is 1. The van der Waals surface area contributed by atoms with E-state index in [1.165, 1.54) is 11.8 Å². The number of nitrogens with one attached hydrogen (secondary N) is 1. The second kappa shape index (κ2) is 8.21. The summed E-state index contributed by atoms with van der Waals surface area (Å²) >= 11 is 7.21. The van der Waals surface area contributed by atoms with Crippen molar-refractivity contribution >= 4 is 29.3 Å². The Morgan fingerprint density at radius 3 is 2.96 bits per heavy atom. The van der Waals surface area contributed by atoms with Crippen LogP contribution < -0.4 is 5.69 Å². The topological polar surface area (TPSA) is 71.0 Å². The number of hydrogen-bond donors (Lipinski definition) is 1. The van der Waals surface area contributed by atoms with Crippen LogP contribution in [0.2, 0.25) is 5.02 Å². The second-order valence-electron chi connectivity index (χ2n) is 5.13. The lowest BCUT2D eigenvalue weighted by Crippen LogP contribution is -2.28. The van der Waals surface area contributed by atoms with E-state index in [9.17, 15) is 9.59 Å². The van der Waals surface area contributed by atoms with E-state index >= 15 is 0 Å². The molecule has 0 saturated heterocycles. The van der Waals surface area contributed by atoms with Crippen molar-refractivity contribution < 1.29 is 4.79 Å². The Kier molecular flexibility index (Phi) is 6.29. The summed E-state index contributed by atoms with van der Waals surface area (Å²) in [7, 11) is 1.74. The average molecular weight is 355 g/mol. The van der Waals surface area contributed by atoms with Crippen LogP contribution in [-0.4, -0.2) is 38.4 Å². The minimum absolute atomic E-state index is 0.0338. The summed E-state index contributed by atoms with van der Waals surface area (Å²) in [5.74, 6) is 0.193. The Labute approximate surface area is 143 Å². The fraction of sp³-hybridized carbons (Fsp3) is 0.400. The Morgan fingerprint density at radius 2 is 2.26 bits per heavy atom. The van der Waals surface area contributed by atoms with Crippen LogP contribution in [0.4, 0.5) is 0 Å². The summed E-state index contributed by atoms with van der Waals surface area (Å²) in [5, 5.41) is 7.57. The molecule has 6 nitrogen and oxygen atoms in total. The molecule has 0 unspecified atom stereocenters. The van der Waals surface area contributed by atoms with Crippen molar-refractivity contribution in [3.8, 4) is 0 Å². The number of carbonyl (C=O) groups is 1. The summed E-state index contributed by atoms with van der Waals surface area (Å²) in [6, 6.07) is 7.42. The van der Waals surface area contributed by atoms with Gasteiger partial charge in [0.15, 0.2) is 5.16 Å². The highest BCUT2D eigenvalue weighted by Gasteiger charge is 2.14. The predicted octanol–water partition coefficient (Wildman–Crippen LogP) is 2.39. The van der Waals surface area contributed by atoms with Gasteiger partial charge in [-0.25, -0.2) is 9.89 Å². The minimum Gasteiger partial charge on any atom is -0.341 e. The van der Waals surface area contributed by atoms with Crippen LogP contribution >= 0.6 is 23.4 Å². The summed E-state index contributed by atoms with van der Waals surface area (Å²) in [6.45, 7) is 3.06. The highest BCUT2D eigenvalue weighted by Crippen LogP contribution is 2.16. The number of rotatable bonds is 7. The SMILES string of the molecule is CCCn1c(SCC(=O)N(C)Cc2cccc(Cl)c2)n[nH]c1=O. The number of nitrogens with zero attached hydrogens (tertiary/aromatic N) is 3. The van der Waals surface area contributed by atoms with Crippen LogP contribution in [0.1, 0.15) is 18.9 Å². The monoisotopic (exact) mass is 354 g/mol. The summed E-state index contributed by atoms with van der Waals surface area (Å²) < 4.78 is 1.55. The Balaban J connectivity index is 1.93. The normalized spacial score (nSPS) is 10.7. The molecule has 8 heteroatoms. The van der Waals surface area contributed by atoms with Crippen LogP contribution in [0, 0.1) is 0 Å². The summed E-state index contributed by atoms with van der Waals surface area (Å²) in [5.41, 5.74) is 0.732. The van der Waals surface area contributed by atoms with Gasteiger partial charge in [-0.05, 0) is 24.1 Å². The molecular weight excluding hydrogens is 336 g/mol. The summed E-state index contributed by atoms with van der Waals surface area (Å²) in [4.78, 5) is 25.5. The standard InChI is InChI=1S/C15H19ClN4O2S/c1-3-7-20-14(22)17-18-15(20)23-10-13(21)19(2)9-11-5-4-6-12(16)8-11/h4-6,8H,3,7,9-10H2,1-2H3,(H,17,22). The molecule has 23 heavy (non-hydrogen) atoms. The first kappa shape index (κ1) is 17.6. The van der Waals surface area contributed by atoms with E-state index in [1.807, 2.05) is 25.1 Å². The number of aromatic amines is 1. The molecule has 124 valence electrons. The average Bonchev–Trinajstić information content (AvgIpc) is 2.86. The van der Waals surface area contributed by atoms with E-state index in [0.29, 0.717) is 23.3 Å². The van der Waals surface area contributed by atoms with E-state index < -0.39 is 0 Å². The largest absolute Gasteiger partial charge is 0.343 e. The maximum Gasteiger partial charge on any atom is 0.343 e. The molecule has 0 radical (unpaired) electrons. The first-order valence-electron chi connectivity index (χ1n) is 7.27.